The summed E-state index contributed by atoms with van der Waals surface area (Å²) in [7, 11) is 0. The molecule has 0 spiro atoms. The number of amides is 2. The smallest absolute Gasteiger partial charge is 0.302 e. The number of aromatic nitrogens is 3. The summed E-state index contributed by atoms with van der Waals surface area (Å²) in [6.07, 6.45) is 4.45. The average Bonchev–Trinajstić information content (AvgIpc) is 3.23. The Morgan fingerprint density at radius 2 is 2.12 bits per heavy atom. The Labute approximate surface area is 136 Å². The van der Waals surface area contributed by atoms with E-state index in [1.54, 1.807) is 25.4 Å². The quantitative estimate of drug-likeness (QED) is 0.728. The largest absolute Gasteiger partial charge is 0.431 e. The van der Waals surface area contributed by atoms with Gasteiger partial charge in [-0.2, -0.15) is 4.98 Å². The number of hydrogen-bond acceptors (Lipinski definition) is 7. The van der Waals surface area contributed by atoms with E-state index in [4.69, 9.17) is 8.94 Å². The van der Waals surface area contributed by atoms with Gasteiger partial charge in [-0.1, -0.05) is 11.2 Å². The van der Waals surface area contributed by atoms with E-state index < -0.39 is 11.8 Å². The second kappa shape index (κ2) is 6.73. The van der Waals surface area contributed by atoms with Crippen molar-refractivity contribution in [1.82, 2.24) is 20.4 Å². The zero-order valence-electron chi connectivity index (χ0n) is 12.6. The molecule has 2 N–H and O–H groups in total. The molecule has 0 radical (unpaired) electrons. The fraction of sp³-hybridized carbons (Fsp3) is 0.133. The van der Waals surface area contributed by atoms with Crippen molar-refractivity contribution in [2.75, 3.05) is 5.32 Å². The van der Waals surface area contributed by atoms with Gasteiger partial charge < -0.3 is 14.3 Å². The zero-order valence-corrected chi connectivity index (χ0v) is 12.6. The van der Waals surface area contributed by atoms with Crippen molar-refractivity contribution in [3.05, 3.63) is 59.6 Å². The number of oxazole rings is 1. The van der Waals surface area contributed by atoms with Crippen molar-refractivity contribution in [2.45, 2.75) is 13.5 Å². The Balaban J connectivity index is 1.58. The molecule has 0 aliphatic carbocycles. The molecular formula is C15H13N5O4. The molecule has 122 valence electrons. The second-order valence-electron chi connectivity index (χ2n) is 4.86. The molecule has 0 saturated carbocycles. The zero-order chi connectivity index (χ0) is 16.9. The Hall–Kier alpha value is -3.49. The fourth-order valence-electron chi connectivity index (χ4n) is 1.85. The standard InChI is InChI=1S/C15H13N5O4/c1-9-5-11(20-24-9)14(22)19-15-18-12(8-23-15)13(21)17-7-10-3-2-4-16-6-10/h2-6,8H,7H2,1H3,(H,17,21)(H,18,19,22). The molecule has 0 bridgehead atoms. The third kappa shape index (κ3) is 3.64. The minimum atomic E-state index is -0.545. The summed E-state index contributed by atoms with van der Waals surface area (Å²) >= 11 is 0. The predicted molar refractivity (Wildman–Crippen MR) is 81.1 cm³/mol. The van der Waals surface area contributed by atoms with Crippen molar-refractivity contribution in [2.24, 2.45) is 0 Å². The molecule has 0 atom stereocenters. The molecule has 2 amide bonds. The van der Waals surface area contributed by atoms with Crippen LogP contribution in [0, 0.1) is 6.92 Å². The topological polar surface area (TPSA) is 123 Å². The van der Waals surface area contributed by atoms with E-state index in [1.807, 2.05) is 6.07 Å². The van der Waals surface area contributed by atoms with Crippen molar-refractivity contribution in [1.29, 1.82) is 0 Å². The molecule has 3 heterocycles. The minimum Gasteiger partial charge on any atom is -0.431 e. The number of aryl methyl sites for hydroxylation is 1. The highest BCUT2D eigenvalue weighted by Crippen LogP contribution is 2.10. The van der Waals surface area contributed by atoms with Gasteiger partial charge in [0.25, 0.3) is 11.8 Å². The first-order valence-electron chi connectivity index (χ1n) is 6.99. The van der Waals surface area contributed by atoms with Crippen LogP contribution in [0.1, 0.15) is 32.3 Å². The molecule has 9 nitrogen and oxygen atoms in total. The van der Waals surface area contributed by atoms with Crippen molar-refractivity contribution in [3.63, 3.8) is 0 Å². The first-order valence-corrected chi connectivity index (χ1v) is 6.99. The normalized spacial score (nSPS) is 10.4. The van der Waals surface area contributed by atoms with Crippen LogP contribution in [0.4, 0.5) is 6.01 Å². The molecule has 0 aliphatic rings. The number of anilines is 1. The molecule has 3 aromatic heterocycles. The van der Waals surface area contributed by atoms with Crippen LogP contribution in [0.15, 0.2) is 45.8 Å². The van der Waals surface area contributed by atoms with Gasteiger partial charge in [-0.25, -0.2) is 0 Å². The van der Waals surface area contributed by atoms with E-state index in [9.17, 15) is 9.59 Å². The molecule has 9 heteroatoms. The van der Waals surface area contributed by atoms with Crippen LogP contribution in [0.5, 0.6) is 0 Å². The maximum atomic E-state index is 12.0. The molecule has 3 rings (SSSR count). The summed E-state index contributed by atoms with van der Waals surface area (Å²) in [4.78, 5) is 31.7. The Morgan fingerprint density at radius 1 is 1.25 bits per heavy atom. The van der Waals surface area contributed by atoms with Crippen molar-refractivity contribution in [3.8, 4) is 0 Å². The summed E-state index contributed by atoms with van der Waals surface area (Å²) in [5, 5.41) is 8.64. The second-order valence-corrected chi connectivity index (χ2v) is 4.86. The Bertz CT molecular complexity index is 856. The van der Waals surface area contributed by atoms with Crippen LogP contribution in [0.3, 0.4) is 0 Å². The van der Waals surface area contributed by atoms with Crippen LogP contribution in [-0.4, -0.2) is 26.9 Å². The molecule has 24 heavy (non-hydrogen) atoms. The van der Waals surface area contributed by atoms with Gasteiger partial charge >= 0.3 is 6.01 Å². The van der Waals surface area contributed by atoms with E-state index in [2.05, 4.69) is 25.8 Å². The third-order valence-corrected chi connectivity index (χ3v) is 2.99. The number of nitrogens with zero attached hydrogens (tertiary/aromatic N) is 3. The predicted octanol–water partition coefficient (Wildman–Crippen LogP) is 1.55. The molecule has 0 unspecified atom stereocenters. The third-order valence-electron chi connectivity index (χ3n) is 2.99. The van der Waals surface area contributed by atoms with Gasteiger partial charge in [0.15, 0.2) is 11.4 Å². The van der Waals surface area contributed by atoms with Crippen LogP contribution < -0.4 is 10.6 Å². The monoisotopic (exact) mass is 327 g/mol. The van der Waals surface area contributed by atoms with E-state index in [0.717, 1.165) is 11.8 Å². The number of carbonyl (C=O) groups excluding carboxylic acids is 2. The summed E-state index contributed by atoms with van der Waals surface area (Å²) in [5.74, 6) is -0.473. The number of hydrogen-bond donors (Lipinski definition) is 2. The summed E-state index contributed by atoms with van der Waals surface area (Å²) in [6, 6.07) is 4.98. The molecule has 0 saturated heterocycles. The Morgan fingerprint density at radius 3 is 2.83 bits per heavy atom. The van der Waals surface area contributed by atoms with Gasteiger partial charge in [-0.15, -0.1) is 0 Å². The number of carbonyl (C=O) groups is 2. The molecule has 0 aromatic carbocycles. The Kier molecular flexibility index (Phi) is 4.32. The lowest BCUT2D eigenvalue weighted by molar-refractivity contribution is 0.0944. The summed E-state index contributed by atoms with van der Waals surface area (Å²) in [5.41, 5.74) is 0.989. The lowest BCUT2D eigenvalue weighted by atomic mass is 10.3. The van der Waals surface area contributed by atoms with Gasteiger partial charge in [0.05, 0.1) is 0 Å². The summed E-state index contributed by atoms with van der Waals surface area (Å²) in [6.45, 7) is 1.97. The van der Waals surface area contributed by atoms with Gasteiger partial charge in [0.2, 0.25) is 0 Å². The summed E-state index contributed by atoms with van der Waals surface area (Å²) < 4.78 is 9.87. The SMILES string of the molecule is Cc1cc(C(=O)Nc2nc(C(=O)NCc3cccnc3)co2)no1. The lowest BCUT2D eigenvalue weighted by Gasteiger charge is -2.01. The van der Waals surface area contributed by atoms with Crippen molar-refractivity contribution < 1.29 is 18.5 Å². The maximum Gasteiger partial charge on any atom is 0.302 e. The van der Waals surface area contributed by atoms with Gasteiger partial charge in [-0.05, 0) is 18.6 Å². The van der Waals surface area contributed by atoms with Gasteiger partial charge in [0.1, 0.15) is 12.0 Å². The number of pyridine rings is 1. The van der Waals surface area contributed by atoms with Gasteiger partial charge in [0, 0.05) is 25.0 Å². The van der Waals surface area contributed by atoms with Crippen LogP contribution in [0.25, 0.3) is 0 Å². The van der Waals surface area contributed by atoms with E-state index in [0.29, 0.717) is 12.3 Å². The molecule has 0 fully saturated rings. The maximum absolute atomic E-state index is 12.0. The lowest BCUT2D eigenvalue weighted by Crippen LogP contribution is -2.23. The number of nitrogens with one attached hydrogen (secondary N) is 2. The van der Waals surface area contributed by atoms with Gasteiger partial charge in [-0.3, -0.25) is 19.9 Å². The number of rotatable bonds is 5. The van der Waals surface area contributed by atoms with E-state index >= 15 is 0 Å². The van der Waals surface area contributed by atoms with Crippen LogP contribution in [-0.2, 0) is 6.54 Å². The van der Waals surface area contributed by atoms with Crippen LogP contribution >= 0.6 is 0 Å². The molecule has 3 aromatic rings. The van der Waals surface area contributed by atoms with Crippen LogP contribution in [0.2, 0.25) is 0 Å². The first-order chi connectivity index (χ1) is 11.6. The van der Waals surface area contributed by atoms with E-state index in [-0.39, 0.29) is 17.4 Å². The molecular weight excluding hydrogens is 314 g/mol. The highest BCUT2D eigenvalue weighted by atomic mass is 16.5. The molecule has 0 aliphatic heterocycles. The van der Waals surface area contributed by atoms with E-state index in [1.165, 1.54) is 6.07 Å². The fourth-order valence-corrected chi connectivity index (χ4v) is 1.85. The highest BCUT2D eigenvalue weighted by Gasteiger charge is 2.16. The average molecular weight is 327 g/mol. The minimum absolute atomic E-state index is 0.0468. The van der Waals surface area contributed by atoms with Crippen molar-refractivity contribution >= 4 is 17.8 Å². The highest BCUT2D eigenvalue weighted by molar-refractivity contribution is 6.02. The first kappa shape index (κ1) is 15.4.